The molecule has 1 nitrogen and oxygen atoms in total. The van der Waals surface area contributed by atoms with Crippen LogP contribution >= 0.6 is 27.5 Å². The molecule has 3 heteroatoms. The molecule has 0 aromatic heterocycles. The first-order chi connectivity index (χ1) is 6.56. The van der Waals surface area contributed by atoms with E-state index in [0.29, 0.717) is 6.04 Å². The summed E-state index contributed by atoms with van der Waals surface area (Å²) in [6.45, 7) is 4.10. The van der Waals surface area contributed by atoms with Gasteiger partial charge in [-0.3, -0.25) is 4.99 Å². The van der Waals surface area contributed by atoms with E-state index in [2.05, 4.69) is 22.9 Å². The van der Waals surface area contributed by atoms with Gasteiger partial charge in [-0.15, -0.1) is 11.6 Å². The molecule has 1 fully saturated rings. The number of hydrogen-bond donors (Lipinski definition) is 0. The standard InChI is InChI=1S/C11H19BrClN/c1-3-11(12,13)9(2)14-10-7-5-4-6-8-10/h10H,3-8H2,1-2H3. The zero-order valence-corrected chi connectivity index (χ0v) is 11.4. The van der Waals surface area contributed by atoms with Crippen molar-refractivity contribution in [2.24, 2.45) is 4.99 Å². The molecular weight excluding hydrogens is 261 g/mol. The van der Waals surface area contributed by atoms with E-state index >= 15 is 0 Å². The molecule has 0 amide bonds. The maximum Gasteiger partial charge on any atom is 0.136 e. The third-order valence-electron chi connectivity index (χ3n) is 2.92. The van der Waals surface area contributed by atoms with Gasteiger partial charge in [-0.2, -0.15) is 0 Å². The van der Waals surface area contributed by atoms with Crippen LogP contribution in [0.2, 0.25) is 0 Å². The molecule has 1 aliphatic rings. The Kier molecular flexibility index (Phi) is 4.92. The van der Waals surface area contributed by atoms with Crippen molar-refractivity contribution in [3.05, 3.63) is 0 Å². The third kappa shape index (κ3) is 3.54. The average Bonchev–Trinajstić information content (AvgIpc) is 2.19. The minimum atomic E-state index is -0.412. The summed E-state index contributed by atoms with van der Waals surface area (Å²) in [7, 11) is 0. The van der Waals surface area contributed by atoms with Crippen molar-refractivity contribution in [1.29, 1.82) is 0 Å². The van der Waals surface area contributed by atoms with Gasteiger partial charge < -0.3 is 0 Å². The first-order valence-electron chi connectivity index (χ1n) is 5.49. The fourth-order valence-corrected chi connectivity index (χ4v) is 1.99. The largest absolute Gasteiger partial charge is 0.288 e. The number of hydrogen-bond acceptors (Lipinski definition) is 1. The number of aliphatic imine (C=N–C) groups is 1. The molecule has 1 aliphatic carbocycles. The summed E-state index contributed by atoms with van der Waals surface area (Å²) in [5.41, 5.74) is 1.04. The fraction of sp³-hybridized carbons (Fsp3) is 0.909. The third-order valence-corrected chi connectivity index (χ3v) is 4.60. The highest BCUT2D eigenvalue weighted by Crippen LogP contribution is 2.31. The van der Waals surface area contributed by atoms with Crippen LogP contribution in [0, 0.1) is 0 Å². The van der Waals surface area contributed by atoms with Gasteiger partial charge in [-0.05, 0) is 26.2 Å². The predicted octanol–water partition coefficient (Wildman–Crippen LogP) is 4.52. The van der Waals surface area contributed by atoms with Crippen LogP contribution in [0.1, 0.15) is 52.4 Å². The van der Waals surface area contributed by atoms with E-state index in [1.807, 2.05) is 6.92 Å². The van der Waals surface area contributed by atoms with Gasteiger partial charge in [0.2, 0.25) is 0 Å². The van der Waals surface area contributed by atoms with Gasteiger partial charge in [0.15, 0.2) is 0 Å². The summed E-state index contributed by atoms with van der Waals surface area (Å²) in [4.78, 5) is 4.72. The van der Waals surface area contributed by atoms with Crippen molar-refractivity contribution in [3.8, 4) is 0 Å². The van der Waals surface area contributed by atoms with E-state index in [1.165, 1.54) is 32.1 Å². The molecule has 0 N–H and O–H groups in total. The molecule has 1 atom stereocenters. The lowest BCUT2D eigenvalue weighted by Gasteiger charge is -2.23. The topological polar surface area (TPSA) is 12.4 Å². The second kappa shape index (κ2) is 5.50. The summed E-state index contributed by atoms with van der Waals surface area (Å²) < 4.78 is -0.412. The maximum absolute atomic E-state index is 6.28. The van der Waals surface area contributed by atoms with Crippen LogP contribution in [0.5, 0.6) is 0 Å². The Morgan fingerprint density at radius 3 is 2.50 bits per heavy atom. The SMILES string of the molecule is CCC(Cl)(Br)C(C)=NC1CCCCC1. The van der Waals surface area contributed by atoms with Gasteiger partial charge in [0.1, 0.15) is 3.78 Å². The highest BCUT2D eigenvalue weighted by Gasteiger charge is 2.25. The van der Waals surface area contributed by atoms with E-state index < -0.39 is 3.78 Å². The first kappa shape index (κ1) is 12.5. The molecule has 0 spiro atoms. The molecule has 14 heavy (non-hydrogen) atoms. The van der Waals surface area contributed by atoms with Gasteiger partial charge in [-0.25, -0.2) is 0 Å². The zero-order chi connectivity index (χ0) is 10.6. The monoisotopic (exact) mass is 279 g/mol. The quantitative estimate of drug-likeness (QED) is 0.532. The lowest BCUT2D eigenvalue weighted by Crippen LogP contribution is -2.24. The molecule has 82 valence electrons. The van der Waals surface area contributed by atoms with Crippen molar-refractivity contribution in [2.45, 2.75) is 62.2 Å². The molecule has 1 saturated carbocycles. The second-order valence-corrected chi connectivity index (χ2v) is 6.52. The lowest BCUT2D eigenvalue weighted by molar-refractivity contribution is 0.442. The normalized spacial score (nSPS) is 24.7. The number of nitrogens with zero attached hydrogens (tertiary/aromatic N) is 1. The molecule has 1 unspecified atom stereocenters. The molecule has 0 bridgehead atoms. The molecule has 0 saturated heterocycles. The van der Waals surface area contributed by atoms with Crippen molar-refractivity contribution in [3.63, 3.8) is 0 Å². The Hall–Kier alpha value is 0.440. The summed E-state index contributed by atoms with van der Waals surface area (Å²) in [5, 5.41) is 0. The Labute approximate surface area is 100 Å². The van der Waals surface area contributed by atoms with Crippen LogP contribution in [0.4, 0.5) is 0 Å². The summed E-state index contributed by atoms with van der Waals surface area (Å²) in [6.07, 6.45) is 7.37. The second-order valence-electron chi connectivity index (χ2n) is 4.06. The molecular formula is C11H19BrClN. The lowest BCUT2D eigenvalue weighted by atomic mass is 9.96. The van der Waals surface area contributed by atoms with Crippen molar-refractivity contribution in [1.82, 2.24) is 0 Å². The molecule has 0 aromatic rings. The molecule has 0 aliphatic heterocycles. The number of rotatable bonds is 3. The van der Waals surface area contributed by atoms with E-state index in [9.17, 15) is 0 Å². The minimum Gasteiger partial charge on any atom is -0.288 e. The van der Waals surface area contributed by atoms with Crippen LogP contribution < -0.4 is 0 Å². The fourth-order valence-electron chi connectivity index (χ4n) is 1.83. The Morgan fingerprint density at radius 2 is 2.00 bits per heavy atom. The van der Waals surface area contributed by atoms with E-state index in [0.717, 1.165) is 12.1 Å². The van der Waals surface area contributed by atoms with Gasteiger partial charge >= 0.3 is 0 Å². The molecule has 1 rings (SSSR count). The molecule has 0 aromatic carbocycles. The van der Waals surface area contributed by atoms with Crippen LogP contribution in [0.3, 0.4) is 0 Å². The average molecular weight is 281 g/mol. The Bertz CT molecular complexity index is 207. The number of halogens is 2. The predicted molar refractivity (Wildman–Crippen MR) is 67.8 cm³/mol. The maximum atomic E-state index is 6.28. The van der Waals surface area contributed by atoms with Crippen LogP contribution in [-0.2, 0) is 0 Å². The van der Waals surface area contributed by atoms with E-state index in [1.54, 1.807) is 0 Å². The Balaban J connectivity index is 2.57. The molecule has 0 radical (unpaired) electrons. The minimum absolute atomic E-state index is 0.412. The van der Waals surface area contributed by atoms with Crippen molar-refractivity contribution < 1.29 is 0 Å². The smallest absolute Gasteiger partial charge is 0.136 e. The van der Waals surface area contributed by atoms with E-state index in [-0.39, 0.29) is 0 Å². The number of alkyl halides is 2. The first-order valence-corrected chi connectivity index (χ1v) is 6.66. The van der Waals surface area contributed by atoms with Crippen LogP contribution in [-0.4, -0.2) is 15.5 Å². The zero-order valence-electron chi connectivity index (χ0n) is 9.02. The van der Waals surface area contributed by atoms with Crippen LogP contribution in [0.15, 0.2) is 4.99 Å². The summed E-state index contributed by atoms with van der Waals surface area (Å²) in [5.74, 6) is 0. The van der Waals surface area contributed by atoms with Crippen molar-refractivity contribution >= 4 is 33.2 Å². The highest BCUT2D eigenvalue weighted by atomic mass is 79.9. The van der Waals surface area contributed by atoms with E-state index in [4.69, 9.17) is 16.6 Å². The van der Waals surface area contributed by atoms with Gasteiger partial charge in [0.05, 0.1) is 0 Å². The van der Waals surface area contributed by atoms with Crippen molar-refractivity contribution in [2.75, 3.05) is 0 Å². The van der Waals surface area contributed by atoms with Gasteiger partial charge in [0.25, 0.3) is 0 Å². The highest BCUT2D eigenvalue weighted by molar-refractivity contribution is 9.10. The van der Waals surface area contributed by atoms with Gasteiger partial charge in [-0.1, -0.05) is 42.1 Å². The Morgan fingerprint density at radius 1 is 1.43 bits per heavy atom. The molecule has 0 heterocycles. The van der Waals surface area contributed by atoms with Gasteiger partial charge in [0, 0.05) is 11.8 Å². The summed E-state index contributed by atoms with van der Waals surface area (Å²) in [6, 6.07) is 0.519. The summed E-state index contributed by atoms with van der Waals surface area (Å²) >= 11 is 9.78. The van der Waals surface area contributed by atoms with Crippen LogP contribution in [0.25, 0.3) is 0 Å².